The SMILES string of the molecule is Cc1ccc(-c2nc3c([nH]2)c(=O)n(C)c(=O)n3C)cc1N=O. The Kier molecular flexibility index (Phi) is 3.01. The van der Waals surface area contributed by atoms with Crippen LogP contribution in [0.4, 0.5) is 5.69 Å². The molecule has 0 radical (unpaired) electrons. The van der Waals surface area contributed by atoms with Crippen LogP contribution in [0.1, 0.15) is 5.56 Å². The molecule has 2 aromatic heterocycles. The molecule has 112 valence electrons. The Bertz CT molecular complexity index is 1030. The molecule has 2 heterocycles. The van der Waals surface area contributed by atoms with E-state index in [4.69, 9.17) is 0 Å². The highest BCUT2D eigenvalue weighted by molar-refractivity contribution is 5.76. The van der Waals surface area contributed by atoms with Crippen LogP contribution >= 0.6 is 0 Å². The van der Waals surface area contributed by atoms with Crippen molar-refractivity contribution in [2.24, 2.45) is 19.3 Å². The van der Waals surface area contributed by atoms with E-state index < -0.39 is 11.2 Å². The number of imidazole rings is 1. The molecule has 0 saturated carbocycles. The van der Waals surface area contributed by atoms with Crippen LogP contribution in [0.25, 0.3) is 22.6 Å². The molecule has 0 unspecified atom stereocenters. The van der Waals surface area contributed by atoms with Crippen LogP contribution in [0, 0.1) is 11.8 Å². The number of hydrogen-bond donors (Lipinski definition) is 1. The van der Waals surface area contributed by atoms with Crippen molar-refractivity contribution in [1.82, 2.24) is 19.1 Å². The van der Waals surface area contributed by atoms with Gasteiger partial charge in [-0.05, 0) is 23.7 Å². The van der Waals surface area contributed by atoms with E-state index in [-0.39, 0.29) is 11.2 Å². The Labute approximate surface area is 124 Å². The number of nitrogens with zero attached hydrogens (tertiary/aromatic N) is 4. The molecule has 8 nitrogen and oxygen atoms in total. The summed E-state index contributed by atoms with van der Waals surface area (Å²) in [7, 11) is 2.95. The first kappa shape index (κ1) is 13.9. The minimum absolute atomic E-state index is 0.237. The molecule has 0 fully saturated rings. The van der Waals surface area contributed by atoms with E-state index in [2.05, 4.69) is 15.1 Å². The van der Waals surface area contributed by atoms with Gasteiger partial charge in [0.05, 0.1) is 0 Å². The number of H-pyrrole nitrogens is 1. The van der Waals surface area contributed by atoms with Gasteiger partial charge in [0.25, 0.3) is 5.56 Å². The maximum atomic E-state index is 12.1. The highest BCUT2D eigenvalue weighted by Crippen LogP contribution is 2.26. The van der Waals surface area contributed by atoms with Crippen molar-refractivity contribution in [3.63, 3.8) is 0 Å². The fourth-order valence-electron chi connectivity index (χ4n) is 2.32. The molecule has 22 heavy (non-hydrogen) atoms. The molecule has 8 heteroatoms. The number of benzene rings is 1. The Hall–Kier alpha value is -3.03. The molecule has 1 N–H and O–H groups in total. The summed E-state index contributed by atoms with van der Waals surface area (Å²) in [6.07, 6.45) is 0. The molecular weight excluding hydrogens is 286 g/mol. The number of rotatable bonds is 2. The molecule has 0 aliphatic heterocycles. The molecule has 0 aliphatic carbocycles. The van der Waals surface area contributed by atoms with Gasteiger partial charge in [0.15, 0.2) is 5.65 Å². The van der Waals surface area contributed by atoms with Crippen molar-refractivity contribution >= 4 is 16.9 Å². The molecule has 0 saturated heterocycles. The van der Waals surface area contributed by atoms with E-state index in [1.165, 1.54) is 11.6 Å². The monoisotopic (exact) mass is 299 g/mol. The Balaban J connectivity index is 2.32. The van der Waals surface area contributed by atoms with Crippen LogP contribution in [0.2, 0.25) is 0 Å². The second-order valence-electron chi connectivity index (χ2n) is 5.08. The average molecular weight is 299 g/mol. The zero-order valence-electron chi connectivity index (χ0n) is 12.2. The first-order valence-corrected chi connectivity index (χ1v) is 6.54. The second kappa shape index (κ2) is 4.76. The van der Waals surface area contributed by atoms with Gasteiger partial charge in [-0.2, -0.15) is 0 Å². The lowest BCUT2D eigenvalue weighted by atomic mass is 10.1. The van der Waals surface area contributed by atoms with Gasteiger partial charge in [0.2, 0.25) is 0 Å². The number of nitroso groups, excluding NO2 is 1. The number of aromatic nitrogens is 4. The van der Waals surface area contributed by atoms with Crippen LogP contribution < -0.4 is 11.2 Å². The largest absolute Gasteiger partial charge is 0.332 e. The first-order valence-electron chi connectivity index (χ1n) is 6.54. The van der Waals surface area contributed by atoms with E-state index in [0.717, 1.165) is 10.1 Å². The third-order valence-corrected chi connectivity index (χ3v) is 3.68. The summed E-state index contributed by atoms with van der Waals surface area (Å²) in [6.45, 7) is 1.78. The van der Waals surface area contributed by atoms with Crippen molar-refractivity contribution < 1.29 is 0 Å². The van der Waals surface area contributed by atoms with E-state index in [1.54, 1.807) is 32.2 Å². The number of hydrogen-bond acceptors (Lipinski definition) is 5. The molecule has 0 amide bonds. The zero-order valence-corrected chi connectivity index (χ0v) is 12.2. The quantitative estimate of drug-likeness (QED) is 0.721. The van der Waals surface area contributed by atoms with Gasteiger partial charge in [0, 0.05) is 19.7 Å². The molecule has 0 spiro atoms. The average Bonchev–Trinajstić information content (AvgIpc) is 2.96. The smallest absolute Gasteiger partial charge is 0.332 e. The number of aryl methyl sites for hydroxylation is 2. The standard InChI is InChI=1S/C14H13N5O3/c1-7-4-5-8(6-9(7)17-22)11-15-10-12(16-11)18(2)14(21)19(3)13(10)20/h4-6H,1-3H3,(H,15,16). The molecule has 1 aromatic carbocycles. The summed E-state index contributed by atoms with van der Waals surface area (Å²) < 4.78 is 2.31. The lowest BCUT2D eigenvalue weighted by Gasteiger charge is -2.00. The van der Waals surface area contributed by atoms with Crippen LogP contribution in [0.3, 0.4) is 0 Å². The van der Waals surface area contributed by atoms with Crippen molar-refractivity contribution in [2.75, 3.05) is 0 Å². The van der Waals surface area contributed by atoms with Gasteiger partial charge in [-0.3, -0.25) is 13.9 Å². The lowest BCUT2D eigenvalue weighted by molar-refractivity contribution is 0.709. The normalized spacial score (nSPS) is 11.0. The summed E-state index contributed by atoms with van der Waals surface area (Å²) in [5, 5.41) is 2.96. The minimum atomic E-state index is -0.449. The fraction of sp³-hybridized carbons (Fsp3) is 0.214. The molecule has 0 bridgehead atoms. The van der Waals surface area contributed by atoms with Crippen LogP contribution in [0.15, 0.2) is 33.0 Å². The third kappa shape index (κ3) is 1.88. The highest BCUT2D eigenvalue weighted by atomic mass is 16.3. The predicted molar refractivity (Wildman–Crippen MR) is 82.2 cm³/mol. The second-order valence-corrected chi connectivity index (χ2v) is 5.08. The van der Waals surface area contributed by atoms with E-state index in [9.17, 15) is 14.5 Å². The summed E-state index contributed by atoms with van der Waals surface area (Å²) in [6, 6.07) is 5.10. The zero-order chi connectivity index (χ0) is 16.0. The maximum absolute atomic E-state index is 12.1. The molecule has 0 aliphatic rings. The third-order valence-electron chi connectivity index (χ3n) is 3.68. The number of nitrogens with one attached hydrogen (secondary N) is 1. The molecule has 0 atom stereocenters. The lowest BCUT2D eigenvalue weighted by Crippen LogP contribution is -2.36. The van der Waals surface area contributed by atoms with Crippen molar-refractivity contribution in [3.05, 3.63) is 49.5 Å². The summed E-state index contributed by atoms with van der Waals surface area (Å²) in [4.78, 5) is 42.1. The van der Waals surface area contributed by atoms with E-state index in [1.807, 2.05) is 0 Å². The molecule has 3 rings (SSSR count). The summed E-state index contributed by atoms with van der Waals surface area (Å²) in [5.74, 6) is 0.401. The topological polar surface area (TPSA) is 102 Å². The van der Waals surface area contributed by atoms with Crippen molar-refractivity contribution in [2.45, 2.75) is 6.92 Å². The number of aromatic amines is 1. The molecule has 3 aromatic rings. The van der Waals surface area contributed by atoms with E-state index >= 15 is 0 Å². The Morgan fingerprint density at radius 3 is 2.59 bits per heavy atom. The van der Waals surface area contributed by atoms with Crippen LogP contribution in [-0.4, -0.2) is 19.1 Å². The Morgan fingerprint density at radius 1 is 1.18 bits per heavy atom. The molecular formula is C14H13N5O3. The van der Waals surface area contributed by atoms with Crippen LogP contribution in [0.5, 0.6) is 0 Å². The Morgan fingerprint density at radius 2 is 1.91 bits per heavy atom. The van der Waals surface area contributed by atoms with Gasteiger partial charge in [0.1, 0.15) is 17.0 Å². The maximum Gasteiger partial charge on any atom is 0.332 e. The van der Waals surface area contributed by atoms with Crippen molar-refractivity contribution in [1.29, 1.82) is 0 Å². The summed E-state index contributed by atoms with van der Waals surface area (Å²) in [5.41, 5.74) is 1.28. The van der Waals surface area contributed by atoms with Gasteiger partial charge in [-0.1, -0.05) is 12.1 Å². The van der Waals surface area contributed by atoms with Gasteiger partial charge in [-0.15, -0.1) is 4.91 Å². The fourth-order valence-corrected chi connectivity index (χ4v) is 2.32. The van der Waals surface area contributed by atoms with Gasteiger partial charge in [-0.25, -0.2) is 9.78 Å². The van der Waals surface area contributed by atoms with Crippen molar-refractivity contribution in [3.8, 4) is 11.4 Å². The van der Waals surface area contributed by atoms with Gasteiger partial charge < -0.3 is 4.98 Å². The van der Waals surface area contributed by atoms with Gasteiger partial charge >= 0.3 is 5.69 Å². The summed E-state index contributed by atoms with van der Waals surface area (Å²) >= 11 is 0. The predicted octanol–water partition coefficient (Wildman–Crippen LogP) is 1.33. The number of fused-ring (bicyclic) bond motifs is 1. The first-order chi connectivity index (χ1) is 10.4. The minimum Gasteiger partial charge on any atom is -0.332 e. The highest BCUT2D eigenvalue weighted by Gasteiger charge is 2.15. The van der Waals surface area contributed by atoms with E-state index in [0.29, 0.717) is 17.1 Å². The van der Waals surface area contributed by atoms with Crippen LogP contribution in [-0.2, 0) is 14.1 Å².